The molecule has 0 aliphatic rings. The summed E-state index contributed by atoms with van der Waals surface area (Å²) in [5, 5.41) is 9.05. The molecule has 0 saturated heterocycles. The molecular weight excluding hydrogens is 290 g/mol. The van der Waals surface area contributed by atoms with Crippen molar-refractivity contribution in [1.82, 2.24) is 0 Å². The summed E-state index contributed by atoms with van der Waals surface area (Å²) in [5.74, 6) is -1.25. The first-order valence-electron chi connectivity index (χ1n) is 6.26. The van der Waals surface area contributed by atoms with E-state index in [0.29, 0.717) is 11.1 Å². The van der Waals surface area contributed by atoms with Crippen molar-refractivity contribution < 1.29 is 18.3 Å². The predicted octanol–water partition coefficient (Wildman–Crippen LogP) is 2.64. The second-order valence-corrected chi connectivity index (χ2v) is 6.40. The monoisotopic (exact) mass is 305 g/mol. The molecule has 0 amide bonds. The summed E-state index contributed by atoms with van der Waals surface area (Å²) in [6.45, 7) is 1.66. The number of aryl methyl sites for hydroxylation is 1. The van der Waals surface area contributed by atoms with E-state index < -0.39 is 16.0 Å². The number of aromatic carboxylic acids is 1. The maximum absolute atomic E-state index is 12.1. The van der Waals surface area contributed by atoms with Crippen LogP contribution in [0.3, 0.4) is 0 Å². The summed E-state index contributed by atoms with van der Waals surface area (Å²) in [4.78, 5) is 11.1. The van der Waals surface area contributed by atoms with Crippen LogP contribution in [-0.4, -0.2) is 19.5 Å². The van der Waals surface area contributed by atoms with Crippen LogP contribution in [0.15, 0.2) is 48.5 Å². The Kier molecular flexibility index (Phi) is 4.28. The minimum Gasteiger partial charge on any atom is -0.478 e. The Hall–Kier alpha value is -2.34. The Morgan fingerprint density at radius 3 is 2.43 bits per heavy atom. The van der Waals surface area contributed by atoms with Crippen LogP contribution in [0.2, 0.25) is 0 Å². The standard InChI is InChI=1S/C15H15NO4S/c1-11-7-8-13(9-14(11)15(17)18)16-21(19,20)10-12-5-3-2-4-6-12/h2-9,16H,10H2,1H3,(H,17,18). The molecule has 0 aliphatic carbocycles. The average molecular weight is 305 g/mol. The normalized spacial score (nSPS) is 11.1. The van der Waals surface area contributed by atoms with Crippen molar-refractivity contribution in [2.45, 2.75) is 12.7 Å². The molecule has 0 aromatic heterocycles. The molecule has 0 unspecified atom stereocenters. The molecule has 2 aromatic carbocycles. The molecule has 0 heterocycles. The molecule has 6 heteroatoms. The molecular formula is C15H15NO4S. The molecule has 0 spiro atoms. The molecule has 0 saturated carbocycles. The predicted molar refractivity (Wildman–Crippen MR) is 80.8 cm³/mol. The zero-order valence-electron chi connectivity index (χ0n) is 11.4. The van der Waals surface area contributed by atoms with E-state index in [2.05, 4.69) is 4.72 Å². The maximum atomic E-state index is 12.1. The number of rotatable bonds is 5. The first kappa shape index (κ1) is 15.1. The molecule has 2 aromatic rings. The van der Waals surface area contributed by atoms with Gasteiger partial charge in [0, 0.05) is 5.69 Å². The average Bonchev–Trinajstić information content (AvgIpc) is 2.41. The van der Waals surface area contributed by atoms with Crippen molar-refractivity contribution in [2.24, 2.45) is 0 Å². The van der Waals surface area contributed by atoms with E-state index >= 15 is 0 Å². The summed E-state index contributed by atoms with van der Waals surface area (Å²) < 4.78 is 26.6. The van der Waals surface area contributed by atoms with Crippen LogP contribution in [0.1, 0.15) is 21.5 Å². The summed E-state index contributed by atoms with van der Waals surface area (Å²) in [6.07, 6.45) is 0. The Bertz CT molecular complexity index is 754. The lowest BCUT2D eigenvalue weighted by molar-refractivity contribution is 0.0696. The number of benzene rings is 2. The van der Waals surface area contributed by atoms with Gasteiger partial charge in [-0.1, -0.05) is 36.4 Å². The first-order valence-corrected chi connectivity index (χ1v) is 7.91. The van der Waals surface area contributed by atoms with Crippen LogP contribution < -0.4 is 4.72 Å². The van der Waals surface area contributed by atoms with Gasteiger partial charge in [-0.05, 0) is 30.2 Å². The maximum Gasteiger partial charge on any atom is 0.336 e. The molecule has 110 valence electrons. The number of hydrogen-bond donors (Lipinski definition) is 2. The van der Waals surface area contributed by atoms with Crippen LogP contribution in [-0.2, 0) is 15.8 Å². The van der Waals surface area contributed by atoms with Crippen molar-refractivity contribution in [3.05, 3.63) is 65.2 Å². The molecule has 2 rings (SSSR count). The van der Waals surface area contributed by atoms with Gasteiger partial charge < -0.3 is 5.11 Å². The third-order valence-electron chi connectivity index (χ3n) is 2.94. The smallest absolute Gasteiger partial charge is 0.336 e. The fourth-order valence-corrected chi connectivity index (χ4v) is 3.11. The summed E-state index contributed by atoms with van der Waals surface area (Å²) in [5.41, 5.74) is 1.56. The first-order chi connectivity index (χ1) is 9.87. The lowest BCUT2D eigenvalue weighted by Gasteiger charge is -2.10. The highest BCUT2D eigenvalue weighted by Crippen LogP contribution is 2.18. The lowest BCUT2D eigenvalue weighted by atomic mass is 10.1. The highest BCUT2D eigenvalue weighted by Gasteiger charge is 2.14. The van der Waals surface area contributed by atoms with Gasteiger partial charge in [0.15, 0.2) is 0 Å². The van der Waals surface area contributed by atoms with Gasteiger partial charge in [-0.3, -0.25) is 4.72 Å². The summed E-state index contributed by atoms with van der Waals surface area (Å²) in [6, 6.07) is 13.2. The molecule has 5 nitrogen and oxygen atoms in total. The molecule has 0 atom stereocenters. The van der Waals surface area contributed by atoms with Gasteiger partial charge in [-0.15, -0.1) is 0 Å². The van der Waals surface area contributed by atoms with Gasteiger partial charge in [0.2, 0.25) is 10.0 Å². The molecule has 0 fully saturated rings. The number of carboxylic acid groups (broad SMARTS) is 1. The van der Waals surface area contributed by atoms with Gasteiger partial charge in [0.1, 0.15) is 0 Å². The fourth-order valence-electron chi connectivity index (χ4n) is 1.93. The van der Waals surface area contributed by atoms with Gasteiger partial charge in [0.25, 0.3) is 0 Å². The van der Waals surface area contributed by atoms with Crippen molar-refractivity contribution in [3.63, 3.8) is 0 Å². The SMILES string of the molecule is Cc1ccc(NS(=O)(=O)Cc2ccccc2)cc1C(=O)O. The lowest BCUT2D eigenvalue weighted by Crippen LogP contribution is -2.15. The number of nitrogens with one attached hydrogen (secondary N) is 1. The molecule has 21 heavy (non-hydrogen) atoms. The molecule has 0 radical (unpaired) electrons. The van der Waals surface area contributed by atoms with E-state index in [1.807, 2.05) is 6.07 Å². The number of hydrogen-bond acceptors (Lipinski definition) is 3. The van der Waals surface area contributed by atoms with E-state index in [-0.39, 0.29) is 17.0 Å². The largest absolute Gasteiger partial charge is 0.478 e. The van der Waals surface area contributed by atoms with Crippen LogP contribution in [0.4, 0.5) is 5.69 Å². The van der Waals surface area contributed by atoms with Gasteiger partial charge in [-0.2, -0.15) is 0 Å². The molecule has 2 N–H and O–H groups in total. The quantitative estimate of drug-likeness (QED) is 0.889. The van der Waals surface area contributed by atoms with E-state index in [4.69, 9.17) is 5.11 Å². The topological polar surface area (TPSA) is 83.5 Å². The minimum atomic E-state index is -3.59. The van der Waals surface area contributed by atoms with Crippen LogP contribution >= 0.6 is 0 Å². The van der Waals surface area contributed by atoms with E-state index in [1.54, 1.807) is 43.3 Å². The third-order valence-corrected chi connectivity index (χ3v) is 4.20. The van der Waals surface area contributed by atoms with E-state index in [9.17, 15) is 13.2 Å². The van der Waals surface area contributed by atoms with Crippen molar-refractivity contribution in [1.29, 1.82) is 0 Å². The van der Waals surface area contributed by atoms with Crippen molar-refractivity contribution in [3.8, 4) is 0 Å². The number of carboxylic acids is 1. The number of sulfonamides is 1. The Balaban J connectivity index is 2.21. The Labute approximate surface area is 123 Å². The van der Waals surface area contributed by atoms with Crippen molar-refractivity contribution >= 4 is 21.7 Å². The van der Waals surface area contributed by atoms with Crippen molar-refractivity contribution in [2.75, 3.05) is 4.72 Å². The summed E-state index contributed by atoms with van der Waals surface area (Å²) in [7, 11) is -3.59. The van der Waals surface area contributed by atoms with Crippen LogP contribution in [0, 0.1) is 6.92 Å². The van der Waals surface area contributed by atoms with Gasteiger partial charge >= 0.3 is 5.97 Å². The fraction of sp³-hybridized carbons (Fsp3) is 0.133. The second kappa shape index (κ2) is 5.97. The van der Waals surface area contributed by atoms with Crippen LogP contribution in [0.25, 0.3) is 0 Å². The van der Waals surface area contributed by atoms with E-state index in [0.717, 1.165) is 0 Å². The Morgan fingerprint density at radius 2 is 1.81 bits per heavy atom. The minimum absolute atomic E-state index is 0.0786. The second-order valence-electron chi connectivity index (χ2n) is 4.68. The Morgan fingerprint density at radius 1 is 1.14 bits per heavy atom. The highest BCUT2D eigenvalue weighted by atomic mass is 32.2. The molecule has 0 aliphatic heterocycles. The number of anilines is 1. The zero-order valence-corrected chi connectivity index (χ0v) is 12.2. The highest BCUT2D eigenvalue weighted by molar-refractivity contribution is 7.91. The van der Waals surface area contributed by atoms with Crippen LogP contribution in [0.5, 0.6) is 0 Å². The third kappa shape index (κ3) is 4.06. The van der Waals surface area contributed by atoms with E-state index in [1.165, 1.54) is 6.07 Å². The zero-order chi connectivity index (χ0) is 15.5. The molecule has 0 bridgehead atoms. The van der Waals surface area contributed by atoms with Gasteiger partial charge in [-0.25, -0.2) is 13.2 Å². The summed E-state index contributed by atoms with van der Waals surface area (Å²) >= 11 is 0. The number of carbonyl (C=O) groups is 1. The van der Waals surface area contributed by atoms with Gasteiger partial charge in [0.05, 0.1) is 11.3 Å².